The highest BCUT2D eigenvalue weighted by Gasteiger charge is 2.27. The van der Waals surface area contributed by atoms with Crippen molar-refractivity contribution in [1.82, 2.24) is 9.29 Å². The van der Waals surface area contributed by atoms with Gasteiger partial charge in [0.05, 0.1) is 7.11 Å². The minimum Gasteiger partial charge on any atom is -0.505 e. The van der Waals surface area contributed by atoms with Crippen LogP contribution in [0.15, 0.2) is 40.1 Å². The van der Waals surface area contributed by atoms with Gasteiger partial charge >= 0.3 is 5.97 Å². The number of rotatable bonds is 4. The van der Waals surface area contributed by atoms with Crippen molar-refractivity contribution in [3.8, 4) is 5.75 Å². The molecule has 0 saturated heterocycles. The molecule has 1 aliphatic rings. The molecule has 7 nitrogen and oxygen atoms in total. The van der Waals surface area contributed by atoms with Crippen LogP contribution >= 0.6 is 11.3 Å². The summed E-state index contributed by atoms with van der Waals surface area (Å²) in [4.78, 5) is 15.4. The fraction of sp³-hybridized carbons (Fsp3) is 0.250. The Balaban J connectivity index is 1.80. The van der Waals surface area contributed by atoms with Gasteiger partial charge in [-0.2, -0.15) is 4.31 Å². The number of sulfonamides is 1. The van der Waals surface area contributed by atoms with Crippen molar-refractivity contribution >= 4 is 32.9 Å². The Morgan fingerprint density at radius 3 is 2.80 bits per heavy atom. The fourth-order valence-corrected chi connectivity index (χ4v) is 5.08. The van der Waals surface area contributed by atoms with Gasteiger partial charge in [-0.1, -0.05) is 12.1 Å². The van der Waals surface area contributed by atoms with Crippen molar-refractivity contribution in [3.05, 3.63) is 47.1 Å². The van der Waals surface area contributed by atoms with Gasteiger partial charge in [-0.15, -0.1) is 11.3 Å². The van der Waals surface area contributed by atoms with E-state index in [1.54, 1.807) is 23.6 Å². The number of thiophene rings is 1. The number of aromatic nitrogens is 1. The average Bonchev–Trinajstić information content (AvgIpc) is 3.16. The van der Waals surface area contributed by atoms with E-state index in [9.17, 15) is 18.3 Å². The van der Waals surface area contributed by atoms with Crippen LogP contribution in [0.4, 0.5) is 0 Å². The largest absolute Gasteiger partial charge is 0.505 e. The number of hydrogen-bond acceptors (Lipinski definition) is 7. The summed E-state index contributed by atoms with van der Waals surface area (Å²) in [5.41, 5.74) is 1.37. The second-order valence-electron chi connectivity index (χ2n) is 5.36. The van der Waals surface area contributed by atoms with E-state index in [0.717, 1.165) is 5.57 Å². The minimum absolute atomic E-state index is 0.149. The number of aromatic hydroxyl groups is 1. The minimum atomic E-state index is -3.47. The Morgan fingerprint density at radius 1 is 1.44 bits per heavy atom. The van der Waals surface area contributed by atoms with Crippen LogP contribution in [0, 0.1) is 0 Å². The summed E-state index contributed by atoms with van der Waals surface area (Å²) in [6.45, 7) is 0.584. The van der Waals surface area contributed by atoms with E-state index in [-0.39, 0.29) is 18.0 Å². The zero-order chi connectivity index (χ0) is 18.0. The summed E-state index contributed by atoms with van der Waals surface area (Å²) in [7, 11) is -2.26. The fourth-order valence-electron chi connectivity index (χ4n) is 2.55. The smallest absolute Gasteiger partial charge is 0.360 e. The van der Waals surface area contributed by atoms with Crippen LogP contribution in [0.25, 0.3) is 5.57 Å². The van der Waals surface area contributed by atoms with Gasteiger partial charge in [-0.05, 0) is 35.1 Å². The first kappa shape index (κ1) is 17.6. The lowest BCUT2D eigenvalue weighted by atomic mass is 10.0. The molecule has 0 aromatic carbocycles. The molecular formula is C16H16N2O5S2. The molecular weight excluding hydrogens is 364 g/mol. The maximum absolute atomic E-state index is 12.5. The monoisotopic (exact) mass is 380 g/mol. The van der Waals surface area contributed by atoms with Crippen LogP contribution in [0.3, 0.4) is 0 Å². The van der Waals surface area contributed by atoms with E-state index in [1.807, 2.05) is 0 Å². The van der Waals surface area contributed by atoms with Crippen LogP contribution in [-0.2, 0) is 14.8 Å². The summed E-state index contributed by atoms with van der Waals surface area (Å²) < 4.78 is 31.3. The Bertz CT molecular complexity index is 920. The number of carbonyl (C=O) groups is 1. The molecule has 0 radical (unpaired) electrons. The molecule has 2 aromatic rings. The molecule has 132 valence electrons. The first-order valence-corrected chi connectivity index (χ1v) is 9.76. The SMILES string of the molecule is COC(=O)c1ncc(C2=CCN(S(=O)(=O)c3cccs3)CC2)cc1O. The lowest BCUT2D eigenvalue weighted by Crippen LogP contribution is -2.34. The number of methoxy groups -OCH3 is 1. The van der Waals surface area contributed by atoms with Gasteiger partial charge in [-0.3, -0.25) is 0 Å². The Hall–Kier alpha value is -2.23. The molecule has 1 aliphatic heterocycles. The highest BCUT2D eigenvalue weighted by molar-refractivity contribution is 7.91. The maximum atomic E-state index is 12.5. The molecule has 3 heterocycles. The van der Waals surface area contributed by atoms with Crippen LogP contribution in [0.5, 0.6) is 5.75 Å². The molecule has 9 heteroatoms. The van der Waals surface area contributed by atoms with Crippen LogP contribution < -0.4 is 0 Å². The maximum Gasteiger partial charge on any atom is 0.360 e. The van der Waals surface area contributed by atoms with Crippen molar-refractivity contribution in [2.75, 3.05) is 20.2 Å². The Kier molecular flexibility index (Phi) is 4.89. The molecule has 0 bridgehead atoms. The third-order valence-corrected chi connectivity index (χ3v) is 7.12. The van der Waals surface area contributed by atoms with Gasteiger partial charge in [0.1, 0.15) is 9.96 Å². The van der Waals surface area contributed by atoms with Gasteiger partial charge < -0.3 is 9.84 Å². The van der Waals surface area contributed by atoms with Gasteiger partial charge in [0, 0.05) is 19.3 Å². The summed E-state index contributed by atoms with van der Waals surface area (Å²) >= 11 is 1.19. The molecule has 0 spiro atoms. The van der Waals surface area contributed by atoms with Crippen molar-refractivity contribution in [2.45, 2.75) is 10.6 Å². The molecule has 0 atom stereocenters. The van der Waals surface area contributed by atoms with E-state index in [1.165, 1.54) is 35.0 Å². The normalized spacial score (nSPS) is 15.6. The third-order valence-electron chi connectivity index (χ3n) is 3.88. The van der Waals surface area contributed by atoms with E-state index in [2.05, 4.69) is 9.72 Å². The van der Waals surface area contributed by atoms with E-state index < -0.39 is 16.0 Å². The van der Waals surface area contributed by atoms with Crippen LogP contribution in [0.1, 0.15) is 22.5 Å². The quantitative estimate of drug-likeness (QED) is 0.816. The van der Waals surface area contributed by atoms with Crippen molar-refractivity contribution < 1.29 is 23.1 Å². The summed E-state index contributed by atoms with van der Waals surface area (Å²) in [6, 6.07) is 4.74. The second kappa shape index (κ2) is 6.95. The molecule has 2 aromatic heterocycles. The highest BCUT2D eigenvalue weighted by Crippen LogP contribution is 2.29. The summed E-state index contributed by atoms with van der Waals surface area (Å²) in [5.74, 6) is -0.978. The molecule has 0 aliphatic carbocycles. The van der Waals surface area contributed by atoms with Crippen LogP contribution in [-0.4, -0.2) is 49.0 Å². The number of esters is 1. The first-order valence-electron chi connectivity index (χ1n) is 7.44. The van der Waals surface area contributed by atoms with Crippen molar-refractivity contribution in [2.24, 2.45) is 0 Å². The lowest BCUT2D eigenvalue weighted by Gasteiger charge is -2.25. The second-order valence-corrected chi connectivity index (χ2v) is 8.47. The predicted octanol–water partition coefficient (Wildman–Crippen LogP) is 2.11. The van der Waals surface area contributed by atoms with Gasteiger partial charge in [-0.25, -0.2) is 18.2 Å². The summed E-state index contributed by atoms with van der Waals surface area (Å²) in [6.07, 6.45) is 3.76. The molecule has 1 N–H and O–H groups in total. The van der Waals surface area contributed by atoms with Crippen molar-refractivity contribution in [3.63, 3.8) is 0 Å². The van der Waals surface area contributed by atoms with Gasteiger partial charge in [0.15, 0.2) is 5.69 Å². The topological polar surface area (TPSA) is 96.8 Å². The molecule has 25 heavy (non-hydrogen) atoms. The zero-order valence-electron chi connectivity index (χ0n) is 13.4. The molecule has 0 fully saturated rings. The first-order chi connectivity index (χ1) is 11.9. The van der Waals surface area contributed by atoms with E-state index >= 15 is 0 Å². The number of ether oxygens (including phenoxy) is 1. The van der Waals surface area contributed by atoms with Gasteiger partial charge in [0.2, 0.25) is 0 Å². The predicted molar refractivity (Wildman–Crippen MR) is 92.9 cm³/mol. The number of hydrogen-bond donors (Lipinski definition) is 1. The Labute approximate surface area is 149 Å². The number of carbonyl (C=O) groups excluding carboxylic acids is 1. The van der Waals surface area contributed by atoms with E-state index in [0.29, 0.717) is 22.7 Å². The standard InChI is InChI=1S/C16H16N2O5S2/c1-23-16(20)15-13(19)9-12(10-17-15)11-4-6-18(7-5-11)25(21,22)14-3-2-8-24-14/h2-4,8-10,19H,5-7H2,1H3. The third kappa shape index (κ3) is 3.44. The number of pyridine rings is 1. The average molecular weight is 380 g/mol. The lowest BCUT2D eigenvalue weighted by molar-refractivity contribution is 0.0590. The zero-order valence-corrected chi connectivity index (χ0v) is 15.0. The molecule has 0 saturated carbocycles. The Morgan fingerprint density at radius 2 is 2.24 bits per heavy atom. The number of nitrogens with zero attached hydrogens (tertiary/aromatic N) is 2. The van der Waals surface area contributed by atoms with Crippen molar-refractivity contribution in [1.29, 1.82) is 0 Å². The molecule has 0 unspecified atom stereocenters. The molecule has 0 amide bonds. The van der Waals surface area contributed by atoms with Crippen LogP contribution in [0.2, 0.25) is 0 Å². The molecule has 3 rings (SSSR count). The summed E-state index contributed by atoms with van der Waals surface area (Å²) in [5, 5.41) is 11.7. The van der Waals surface area contributed by atoms with E-state index in [4.69, 9.17) is 0 Å². The van der Waals surface area contributed by atoms with Gasteiger partial charge in [0.25, 0.3) is 10.0 Å². The highest BCUT2D eigenvalue weighted by atomic mass is 32.2.